The molecule has 1 aliphatic carbocycles. The minimum atomic E-state index is -5.06. The zero-order valence-corrected chi connectivity index (χ0v) is 16.6. The van der Waals surface area contributed by atoms with Gasteiger partial charge in [0, 0.05) is 17.5 Å². The normalized spacial score (nSPS) is 15.8. The van der Waals surface area contributed by atoms with Crippen LogP contribution >= 0.6 is 11.3 Å². The number of alkyl halides is 3. The fourth-order valence-electron chi connectivity index (χ4n) is 3.63. The lowest BCUT2D eigenvalue weighted by molar-refractivity contribution is -0.188. The highest BCUT2D eigenvalue weighted by Gasteiger charge is 2.46. The van der Waals surface area contributed by atoms with Crippen molar-refractivity contribution in [1.82, 2.24) is 10.2 Å². The molecule has 1 heterocycles. The van der Waals surface area contributed by atoms with Gasteiger partial charge >= 0.3 is 12.1 Å². The Morgan fingerprint density at radius 1 is 1.10 bits per heavy atom. The van der Waals surface area contributed by atoms with E-state index in [9.17, 15) is 22.8 Å². The van der Waals surface area contributed by atoms with Crippen LogP contribution in [0.15, 0.2) is 47.8 Å². The van der Waals surface area contributed by atoms with Crippen molar-refractivity contribution >= 4 is 23.2 Å². The zero-order valence-electron chi connectivity index (χ0n) is 15.8. The van der Waals surface area contributed by atoms with Crippen LogP contribution in [0.5, 0.6) is 0 Å². The molecule has 1 aliphatic rings. The monoisotopic (exact) mass is 424 g/mol. The predicted molar refractivity (Wildman–Crippen MR) is 105 cm³/mol. The maximum absolute atomic E-state index is 13.4. The third-order valence-corrected chi connectivity index (χ3v) is 5.99. The van der Waals surface area contributed by atoms with Crippen LogP contribution < -0.4 is 5.32 Å². The van der Waals surface area contributed by atoms with Crippen LogP contribution in [0.3, 0.4) is 0 Å². The molecule has 0 aliphatic heterocycles. The number of carbonyl (C=O) groups excluding carboxylic acids is 2. The molecule has 156 valence electrons. The maximum Gasteiger partial charge on any atom is 0.471 e. The first-order valence-electron chi connectivity index (χ1n) is 9.62. The predicted octanol–water partition coefficient (Wildman–Crippen LogP) is 4.48. The number of carbonyl (C=O) groups is 2. The third kappa shape index (κ3) is 5.59. The molecule has 0 bridgehead atoms. The number of thiophene rings is 1. The second-order valence-electron chi connectivity index (χ2n) is 7.14. The van der Waals surface area contributed by atoms with E-state index in [0.29, 0.717) is 9.78 Å². The molecule has 29 heavy (non-hydrogen) atoms. The average molecular weight is 424 g/mol. The van der Waals surface area contributed by atoms with Crippen molar-refractivity contribution in [3.63, 3.8) is 0 Å². The van der Waals surface area contributed by atoms with Crippen molar-refractivity contribution in [1.29, 1.82) is 0 Å². The summed E-state index contributed by atoms with van der Waals surface area (Å²) in [6.07, 6.45) is -1.26. The van der Waals surface area contributed by atoms with E-state index in [0.717, 1.165) is 31.2 Å². The molecule has 0 spiro atoms. The first-order valence-corrected chi connectivity index (χ1v) is 10.5. The highest BCUT2D eigenvalue weighted by atomic mass is 32.1. The highest BCUT2D eigenvalue weighted by Crippen LogP contribution is 2.31. The number of nitrogens with zero attached hydrogens (tertiary/aromatic N) is 1. The van der Waals surface area contributed by atoms with E-state index < -0.39 is 24.0 Å². The van der Waals surface area contributed by atoms with Crippen LogP contribution in [-0.2, 0) is 16.0 Å². The van der Waals surface area contributed by atoms with E-state index in [1.165, 1.54) is 11.3 Å². The standard InChI is InChI=1S/C21H23F3N2O2S/c22-21(23,24)20(28)26(13-12-15-7-2-1-3-8-15)18(17-11-6-14-29-17)19(27)25-16-9-4-5-10-16/h1-3,6-8,11,14,16,18H,4-5,9-10,12-13H2,(H,25,27)/t18-/m0/s1. The lowest BCUT2D eigenvalue weighted by atomic mass is 10.1. The van der Waals surface area contributed by atoms with Gasteiger partial charge in [-0.1, -0.05) is 49.2 Å². The lowest BCUT2D eigenvalue weighted by Crippen LogP contribution is -2.50. The minimum absolute atomic E-state index is 0.0538. The quantitative estimate of drug-likeness (QED) is 0.712. The Balaban J connectivity index is 1.88. The molecule has 1 aromatic heterocycles. The van der Waals surface area contributed by atoms with Crippen molar-refractivity contribution < 1.29 is 22.8 Å². The van der Waals surface area contributed by atoms with E-state index in [1.54, 1.807) is 41.8 Å². The second-order valence-corrected chi connectivity index (χ2v) is 8.12. The summed E-state index contributed by atoms with van der Waals surface area (Å²) in [5.41, 5.74) is 0.800. The van der Waals surface area contributed by atoms with Crippen LogP contribution in [0.4, 0.5) is 13.2 Å². The van der Waals surface area contributed by atoms with E-state index in [4.69, 9.17) is 0 Å². The Bertz CT molecular complexity index is 803. The van der Waals surface area contributed by atoms with Crippen molar-refractivity contribution in [2.45, 2.75) is 50.4 Å². The second kappa shape index (κ2) is 9.43. The van der Waals surface area contributed by atoms with Crippen LogP contribution in [0.1, 0.15) is 42.2 Å². The molecule has 1 atom stereocenters. The smallest absolute Gasteiger partial charge is 0.351 e. The average Bonchev–Trinajstić information content (AvgIpc) is 3.38. The third-order valence-electron chi connectivity index (χ3n) is 5.06. The summed E-state index contributed by atoms with van der Waals surface area (Å²) < 4.78 is 40.1. The first-order chi connectivity index (χ1) is 13.9. The SMILES string of the molecule is O=C(NC1CCCC1)[C@H](c1cccs1)N(CCc1ccccc1)C(=O)C(F)(F)F. The molecule has 0 unspecified atom stereocenters. The van der Waals surface area contributed by atoms with Gasteiger partial charge < -0.3 is 10.2 Å². The van der Waals surface area contributed by atoms with Crippen LogP contribution in [-0.4, -0.2) is 35.5 Å². The number of amides is 2. The van der Waals surface area contributed by atoms with Crippen molar-refractivity contribution in [3.05, 3.63) is 58.3 Å². The number of hydrogen-bond acceptors (Lipinski definition) is 3. The van der Waals surface area contributed by atoms with Gasteiger partial charge in [-0.3, -0.25) is 9.59 Å². The molecular weight excluding hydrogens is 401 g/mol. The van der Waals surface area contributed by atoms with Crippen molar-refractivity contribution in [3.8, 4) is 0 Å². The molecule has 0 saturated heterocycles. The summed E-state index contributed by atoms with van der Waals surface area (Å²) >= 11 is 1.17. The van der Waals surface area contributed by atoms with Gasteiger partial charge in [-0.25, -0.2) is 0 Å². The van der Waals surface area contributed by atoms with Crippen molar-refractivity contribution in [2.24, 2.45) is 0 Å². The van der Waals surface area contributed by atoms with Gasteiger partial charge in [-0.05, 0) is 36.3 Å². The van der Waals surface area contributed by atoms with E-state index in [-0.39, 0.29) is 19.0 Å². The van der Waals surface area contributed by atoms with Gasteiger partial charge in [0.2, 0.25) is 5.91 Å². The van der Waals surface area contributed by atoms with Gasteiger partial charge in [0.25, 0.3) is 0 Å². The number of rotatable bonds is 7. The molecule has 8 heteroatoms. The number of halogens is 3. The fourth-order valence-corrected chi connectivity index (χ4v) is 4.46. The van der Waals surface area contributed by atoms with E-state index in [1.807, 2.05) is 6.07 Å². The topological polar surface area (TPSA) is 49.4 Å². The molecule has 1 N–H and O–H groups in total. The minimum Gasteiger partial charge on any atom is -0.351 e. The molecule has 3 rings (SSSR count). The Kier molecular flexibility index (Phi) is 6.95. The van der Waals surface area contributed by atoms with Gasteiger partial charge in [-0.2, -0.15) is 13.2 Å². The Morgan fingerprint density at radius 3 is 2.38 bits per heavy atom. The summed E-state index contributed by atoms with van der Waals surface area (Å²) in [6, 6.07) is 10.9. The first kappa shape index (κ1) is 21.4. The van der Waals surface area contributed by atoms with E-state index in [2.05, 4.69) is 5.32 Å². The molecule has 1 aromatic carbocycles. The molecular formula is C21H23F3N2O2S. The molecule has 2 amide bonds. The van der Waals surface area contributed by atoms with Crippen molar-refractivity contribution in [2.75, 3.05) is 6.54 Å². The lowest BCUT2D eigenvalue weighted by Gasteiger charge is -2.32. The van der Waals surface area contributed by atoms with Gasteiger partial charge in [0.15, 0.2) is 0 Å². The van der Waals surface area contributed by atoms with Crippen LogP contribution in [0.2, 0.25) is 0 Å². The van der Waals surface area contributed by atoms with Gasteiger partial charge in [-0.15, -0.1) is 11.3 Å². The number of hydrogen-bond donors (Lipinski definition) is 1. The molecule has 1 fully saturated rings. The number of benzene rings is 1. The Hall–Kier alpha value is -2.35. The zero-order chi connectivity index (χ0) is 20.9. The maximum atomic E-state index is 13.4. The van der Waals surface area contributed by atoms with E-state index >= 15 is 0 Å². The van der Waals surface area contributed by atoms with Gasteiger partial charge in [0.1, 0.15) is 6.04 Å². The molecule has 2 aromatic rings. The fraction of sp³-hybridized carbons (Fsp3) is 0.429. The largest absolute Gasteiger partial charge is 0.471 e. The summed E-state index contributed by atoms with van der Waals surface area (Å²) in [4.78, 5) is 26.4. The summed E-state index contributed by atoms with van der Waals surface area (Å²) in [6.45, 7) is -0.205. The molecule has 1 saturated carbocycles. The highest BCUT2D eigenvalue weighted by molar-refractivity contribution is 7.10. The summed E-state index contributed by atoms with van der Waals surface area (Å²) in [5, 5.41) is 4.55. The molecule has 0 radical (unpaired) electrons. The number of nitrogens with one attached hydrogen (secondary N) is 1. The van der Waals surface area contributed by atoms with Crippen LogP contribution in [0, 0.1) is 0 Å². The van der Waals surface area contributed by atoms with Gasteiger partial charge in [0.05, 0.1) is 0 Å². The summed E-state index contributed by atoms with van der Waals surface area (Å²) in [5.74, 6) is -2.54. The Morgan fingerprint density at radius 2 is 1.79 bits per heavy atom. The van der Waals surface area contributed by atoms with Crippen LogP contribution in [0.25, 0.3) is 0 Å². The Labute approximate surface area is 171 Å². The summed E-state index contributed by atoms with van der Waals surface area (Å²) in [7, 11) is 0. The molecule has 4 nitrogen and oxygen atoms in total.